The SMILES string of the molecule is O=[N+]([O-])c1ccc(OP([O-])(O)=[S+]c2ccccc2)cc1. The molecule has 2 aromatic rings. The summed E-state index contributed by atoms with van der Waals surface area (Å²) in [6.07, 6.45) is 0. The van der Waals surface area contributed by atoms with Crippen LogP contribution in [0.3, 0.4) is 0 Å². The van der Waals surface area contributed by atoms with Gasteiger partial charge in [0.2, 0.25) is 4.90 Å². The van der Waals surface area contributed by atoms with E-state index in [1.165, 1.54) is 24.3 Å². The predicted molar refractivity (Wildman–Crippen MR) is 74.9 cm³/mol. The van der Waals surface area contributed by atoms with Gasteiger partial charge in [-0.25, -0.2) is 0 Å². The molecule has 0 heterocycles. The zero-order valence-corrected chi connectivity index (χ0v) is 11.8. The molecular weight excluding hydrogens is 301 g/mol. The molecule has 0 amide bonds. The number of rotatable bonds is 4. The van der Waals surface area contributed by atoms with E-state index < -0.39 is 11.6 Å². The zero-order chi connectivity index (χ0) is 14.6. The number of nitro groups is 1. The lowest BCUT2D eigenvalue weighted by molar-refractivity contribution is -0.384. The normalized spacial score (nSPS) is 13.3. The third kappa shape index (κ3) is 4.11. The van der Waals surface area contributed by atoms with Gasteiger partial charge in [-0.05, 0) is 12.1 Å². The van der Waals surface area contributed by atoms with E-state index in [2.05, 4.69) is 0 Å². The van der Waals surface area contributed by atoms with Crippen molar-refractivity contribution in [2.24, 2.45) is 0 Å². The minimum atomic E-state index is -3.93. The van der Waals surface area contributed by atoms with Crippen molar-refractivity contribution in [3.63, 3.8) is 0 Å². The highest BCUT2D eigenvalue weighted by atomic mass is 32.5. The quantitative estimate of drug-likeness (QED) is 0.404. The molecule has 0 radical (unpaired) electrons. The number of nitro benzene ring substituents is 1. The highest BCUT2D eigenvalue weighted by Crippen LogP contribution is 2.38. The summed E-state index contributed by atoms with van der Waals surface area (Å²) in [5.41, 5.74) is -0.110. The molecular formula is C12H10NO5PS. The van der Waals surface area contributed by atoms with E-state index >= 15 is 0 Å². The minimum Gasteiger partial charge on any atom is -0.731 e. The van der Waals surface area contributed by atoms with Crippen molar-refractivity contribution in [1.29, 1.82) is 0 Å². The summed E-state index contributed by atoms with van der Waals surface area (Å²) in [4.78, 5) is 32.2. The molecule has 0 bridgehead atoms. The Morgan fingerprint density at radius 2 is 1.70 bits per heavy atom. The van der Waals surface area contributed by atoms with Gasteiger partial charge in [0, 0.05) is 24.3 Å². The van der Waals surface area contributed by atoms with E-state index in [0.29, 0.717) is 15.8 Å². The van der Waals surface area contributed by atoms with Gasteiger partial charge in [0.1, 0.15) is 5.75 Å². The monoisotopic (exact) mass is 311 g/mol. The van der Waals surface area contributed by atoms with Crippen molar-refractivity contribution in [2.45, 2.75) is 4.90 Å². The van der Waals surface area contributed by atoms with Crippen LogP contribution < -0.4 is 9.42 Å². The van der Waals surface area contributed by atoms with Crippen molar-refractivity contribution in [3.05, 3.63) is 64.7 Å². The first-order valence-corrected chi connectivity index (χ1v) is 8.48. The van der Waals surface area contributed by atoms with Gasteiger partial charge in [-0.2, -0.15) is 0 Å². The largest absolute Gasteiger partial charge is 0.731 e. The maximum atomic E-state index is 11.9. The lowest BCUT2D eigenvalue weighted by atomic mass is 10.3. The summed E-state index contributed by atoms with van der Waals surface area (Å²) >= 11 is 0. The molecule has 1 atom stereocenters. The molecule has 0 fully saturated rings. The number of benzene rings is 2. The fourth-order valence-electron chi connectivity index (χ4n) is 1.40. The van der Waals surface area contributed by atoms with E-state index in [1.54, 1.807) is 30.3 Å². The fourth-order valence-corrected chi connectivity index (χ4v) is 3.90. The lowest BCUT2D eigenvalue weighted by Crippen LogP contribution is -2.07. The molecule has 0 aliphatic rings. The Morgan fingerprint density at radius 3 is 2.25 bits per heavy atom. The predicted octanol–water partition coefficient (Wildman–Crippen LogP) is 2.15. The molecule has 0 saturated heterocycles. The molecule has 0 aromatic heterocycles. The van der Waals surface area contributed by atoms with Crippen LogP contribution in [-0.2, 0) is 10.9 Å². The Balaban J connectivity index is 2.19. The molecule has 0 aliphatic carbocycles. The average Bonchev–Trinajstić information content (AvgIpc) is 2.39. The van der Waals surface area contributed by atoms with Crippen LogP contribution in [0.5, 0.6) is 5.75 Å². The maximum absolute atomic E-state index is 11.9. The van der Waals surface area contributed by atoms with E-state index in [-0.39, 0.29) is 11.4 Å². The van der Waals surface area contributed by atoms with E-state index in [9.17, 15) is 19.9 Å². The second kappa shape index (κ2) is 6.11. The lowest BCUT2D eigenvalue weighted by Gasteiger charge is -2.14. The van der Waals surface area contributed by atoms with Crippen LogP contribution >= 0.6 is 6.72 Å². The van der Waals surface area contributed by atoms with Gasteiger partial charge >= 0.3 is 6.72 Å². The smallest absolute Gasteiger partial charge is 0.375 e. The number of non-ortho nitro benzene ring substituents is 1. The van der Waals surface area contributed by atoms with Gasteiger partial charge in [0.25, 0.3) is 16.6 Å². The summed E-state index contributed by atoms with van der Waals surface area (Å²) < 4.78 is 4.99. The number of hydrogen-bond acceptors (Lipinski definition) is 4. The second-order valence-corrected chi connectivity index (χ2v) is 7.42. The standard InChI is InChI=1S/C12H10NO5PS/c14-13(15)10-6-8-11(9-7-10)18-19(16,17)20-12-4-2-1-3-5-12/h1-9H,(H-,16,17). The third-order valence-corrected chi connectivity index (χ3v) is 4.94. The van der Waals surface area contributed by atoms with Crippen LogP contribution in [0.25, 0.3) is 0 Å². The first-order chi connectivity index (χ1) is 9.46. The first kappa shape index (κ1) is 14.6. The van der Waals surface area contributed by atoms with E-state index in [1.807, 2.05) is 0 Å². The van der Waals surface area contributed by atoms with Gasteiger partial charge in [-0.3, -0.25) is 10.1 Å². The fraction of sp³-hybridized carbons (Fsp3) is 0. The molecule has 104 valence electrons. The van der Waals surface area contributed by atoms with Crippen LogP contribution in [0.4, 0.5) is 5.69 Å². The Kier molecular flexibility index (Phi) is 4.46. The molecule has 0 aliphatic heterocycles. The minimum absolute atomic E-state index is 0.102. The summed E-state index contributed by atoms with van der Waals surface area (Å²) in [5.74, 6) is 0.102. The van der Waals surface area contributed by atoms with Crippen molar-refractivity contribution < 1.29 is 19.2 Å². The van der Waals surface area contributed by atoms with Crippen molar-refractivity contribution in [2.75, 3.05) is 0 Å². The van der Waals surface area contributed by atoms with Crippen molar-refractivity contribution in [3.8, 4) is 5.75 Å². The van der Waals surface area contributed by atoms with Gasteiger partial charge in [0.05, 0.1) is 4.92 Å². The number of hydrogen-bond donors (Lipinski definition) is 1. The van der Waals surface area contributed by atoms with Crippen molar-refractivity contribution >= 4 is 23.3 Å². The van der Waals surface area contributed by atoms with Crippen LogP contribution in [-0.4, -0.2) is 9.82 Å². The van der Waals surface area contributed by atoms with Crippen LogP contribution in [0.1, 0.15) is 0 Å². The van der Waals surface area contributed by atoms with Gasteiger partial charge in [0.15, 0.2) is 0 Å². The highest BCUT2D eigenvalue weighted by Gasteiger charge is 2.18. The summed E-state index contributed by atoms with van der Waals surface area (Å²) in [6.45, 7) is -3.93. The van der Waals surface area contributed by atoms with Crippen LogP contribution in [0.15, 0.2) is 59.5 Å². The van der Waals surface area contributed by atoms with E-state index in [0.717, 1.165) is 0 Å². The van der Waals surface area contributed by atoms with Crippen molar-refractivity contribution in [1.82, 2.24) is 0 Å². The van der Waals surface area contributed by atoms with Crippen LogP contribution in [0, 0.1) is 10.1 Å². The highest BCUT2D eigenvalue weighted by molar-refractivity contribution is 8.16. The Hall–Kier alpha value is -1.79. The van der Waals surface area contributed by atoms with E-state index in [4.69, 9.17) is 4.52 Å². The molecule has 1 N–H and O–H groups in total. The molecule has 2 rings (SSSR count). The molecule has 0 saturated carbocycles. The Morgan fingerprint density at radius 1 is 1.10 bits per heavy atom. The molecule has 8 heteroatoms. The maximum Gasteiger partial charge on any atom is 0.375 e. The van der Waals surface area contributed by atoms with Gasteiger partial charge < -0.3 is 14.3 Å². The molecule has 2 aromatic carbocycles. The molecule has 1 unspecified atom stereocenters. The molecule has 0 spiro atoms. The summed E-state index contributed by atoms with van der Waals surface area (Å²) in [6, 6.07) is 13.6. The van der Waals surface area contributed by atoms with Crippen LogP contribution in [0.2, 0.25) is 0 Å². The Bertz CT molecular complexity index is 653. The topological polar surface area (TPSA) is 95.7 Å². The third-order valence-electron chi connectivity index (χ3n) is 2.23. The number of nitrogens with zero attached hydrogens (tertiary/aromatic N) is 1. The zero-order valence-electron chi connectivity index (χ0n) is 10.1. The van der Waals surface area contributed by atoms with Gasteiger partial charge in [-0.15, -0.1) is 0 Å². The molecule has 20 heavy (non-hydrogen) atoms. The van der Waals surface area contributed by atoms with Gasteiger partial charge in [-0.1, -0.05) is 18.2 Å². The second-order valence-electron chi connectivity index (χ2n) is 3.72. The first-order valence-electron chi connectivity index (χ1n) is 5.48. The molecule has 6 nitrogen and oxygen atoms in total. The summed E-state index contributed by atoms with van der Waals surface area (Å²) in [5, 5.41) is 10.5. The average molecular weight is 311 g/mol. The summed E-state index contributed by atoms with van der Waals surface area (Å²) in [7, 11) is 0.706. The Labute approximate surface area is 118 Å².